The van der Waals surface area contributed by atoms with Gasteiger partial charge in [0.15, 0.2) is 0 Å². The number of rotatable bonds is 5. The van der Waals surface area contributed by atoms with Crippen LogP contribution < -0.4 is 10.6 Å². The summed E-state index contributed by atoms with van der Waals surface area (Å²) in [5.41, 5.74) is 1.41. The summed E-state index contributed by atoms with van der Waals surface area (Å²) in [6, 6.07) is 6.50. The minimum Gasteiger partial charge on any atom is -0.340 e. The summed E-state index contributed by atoms with van der Waals surface area (Å²) in [6.07, 6.45) is -1.35. The fourth-order valence-electron chi connectivity index (χ4n) is 3.48. The van der Waals surface area contributed by atoms with Gasteiger partial charge in [0.05, 0.1) is 29.9 Å². The number of nitrogens with one attached hydrogen (secondary N) is 2. The van der Waals surface area contributed by atoms with Gasteiger partial charge in [0.1, 0.15) is 12.1 Å². The van der Waals surface area contributed by atoms with Gasteiger partial charge in [-0.2, -0.15) is 28.8 Å². The lowest BCUT2D eigenvalue weighted by molar-refractivity contribution is -0.174. The maximum Gasteiger partial charge on any atom is 0.471 e. The molecule has 0 bridgehead atoms. The van der Waals surface area contributed by atoms with E-state index in [1.54, 1.807) is 23.6 Å². The number of aromatic nitrogens is 2. The standard InChI is InChI=1S/C11H17F3N2O2.C11H7N5O.C4H10/c1-7-5-16(6-10(7,2)3)8(17)4-15-9(18)11(12,13)14;12-4-8-2-1-3-16-11(8)9(6-15-16)10(5-13)14-7-17;1-4(2)3/h7H,4-6H2,1-3H3,(H,15,18);1-3,6-7,10H,(H,14,17);4H,1-3H3/t7-;;/m0../s1. The number of halogens is 3. The third kappa shape index (κ3) is 9.60. The molecule has 212 valence electrons. The second kappa shape index (κ2) is 14.1. The second-order valence-corrected chi connectivity index (χ2v) is 10.3. The fraction of sp³-hybridized carbons (Fsp3) is 0.538. The zero-order chi connectivity index (χ0) is 30.0. The average Bonchev–Trinajstić information content (AvgIpc) is 3.40. The summed E-state index contributed by atoms with van der Waals surface area (Å²) < 4.78 is 37.3. The van der Waals surface area contributed by atoms with Crippen LogP contribution >= 0.6 is 0 Å². The van der Waals surface area contributed by atoms with Crippen LogP contribution in [0.2, 0.25) is 0 Å². The third-order valence-electron chi connectivity index (χ3n) is 5.80. The predicted molar refractivity (Wildman–Crippen MR) is 137 cm³/mol. The van der Waals surface area contributed by atoms with Gasteiger partial charge in [-0.25, -0.2) is 4.52 Å². The zero-order valence-corrected chi connectivity index (χ0v) is 22.8. The van der Waals surface area contributed by atoms with Crippen LogP contribution in [0.3, 0.4) is 0 Å². The van der Waals surface area contributed by atoms with Crippen molar-refractivity contribution < 1.29 is 27.6 Å². The Morgan fingerprint density at radius 2 is 1.90 bits per heavy atom. The van der Waals surface area contributed by atoms with Crippen LogP contribution in [0.5, 0.6) is 0 Å². The molecule has 1 saturated heterocycles. The molecule has 2 atom stereocenters. The number of fused-ring (bicyclic) bond motifs is 1. The highest BCUT2D eigenvalue weighted by atomic mass is 19.4. The Morgan fingerprint density at radius 3 is 2.36 bits per heavy atom. The molecule has 2 aromatic rings. The first-order chi connectivity index (χ1) is 18.1. The fourth-order valence-corrected chi connectivity index (χ4v) is 3.48. The van der Waals surface area contributed by atoms with Crippen molar-refractivity contribution in [3.05, 3.63) is 35.7 Å². The number of amides is 3. The van der Waals surface area contributed by atoms with Gasteiger partial charge in [0.25, 0.3) is 0 Å². The molecule has 1 unspecified atom stereocenters. The number of nitriles is 2. The number of carbonyl (C=O) groups is 3. The third-order valence-corrected chi connectivity index (χ3v) is 5.80. The number of carbonyl (C=O) groups excluding carboxylic acids is 3. The lowest BCUT2D eigenvalue weighted by Crippen LogP contribution is -2.44. The van der Waals surface area contributed by atoms with Crippen molar-refractivity contribution in [1.29, 1.82) is 10.5 Å². The second-order valence-electron chi connectivity index (χ2n) is 10.3. The summed E-state index contributed by atoms with van der Waals surface area (Å²) in [6.45, 7) is 12.9. The quantitative estimate of drug-likeness (QED) is 0.548. The van der Waals surface area contributed by atoms with Crippen molar-refractivity contribution in [3.63, 3.8) is 0 Å². The van der Waals surface area contributed by atoms with Crippen LogP contribution in [0.25, 0.3) is 5.52 Å². The van der Waals surface area contributed by atoms with E-state index >= 15 is 0 Å². The normalized spacial score (nSPS) is 16.5. The van der Waals surface area contributed by atoms with Crippen molar-refractivity contribution in [1.82, 2.24) is 25.1 Å². The van der Waals surface area contributed by atoms with E-state index in [2.05, 4.69) is 31.2 Å². The van der Waals surface area contributed by atoms with E-state index in [0.717, 1.165) is 5.92 Å². The maximum atomic E-state index is 11.9. The lowest BCUT2D eigenvalue weighted by Gasteiger charge is -2.22. The smallest absolute Gasteiger partial charge is 0.340 e. The molecule has 1 fully saturated rings. The molecule has 0 aromatic carbocycles. The molecule has 0 saturated carbocycles. The van der Waals surface area contributed by atoms with E-state index in [9.17, 15) is 27.6 Å². The average molecular weight is 550 g/mol. The van der Waals surface area contributed by atoms with Crippen LogP contribution in [0.4, 0.5) is 13.2 Å². The molecular weight excluding hydrogens is 515 g/mol. The molecule has 0 spiro atoms. The summed E-state index contributed by atoms with van der Waals surface area (Å²) in [7, 11) is 0. The summed E-state index contributed by atoms with van der Waals surface area (Å²) in [4.78, 5) is 34.1. The molecule has 1 aliphatic heterocycles. The molecule has 1 aliphatic rings. The number of pyridine rings is 1. The van der Waals surface area contributed by atoms with Crippen molar-refractivity contribution in [3.8, 4) is 12.1 Å². The van der Waals surface area contributed by atoms with Gasteiger partial charge in [-0.1, -0.05) is 41.5 Å². The SMILES string of the molecule is CC(C)C.C[C@H]1CN(C(=O)CNC(=O)C(F)(F)F)CC1(C)C.N#Cc1cccn2ncc(C(C#N)NC=O)c12. The minimum atomic E-state index is -4.95. The van der Waals surface area contributed by atoms with Gasteiger partial charge < -0.3 is 15.5 Å². The number of hydrogen-bond acceptors (Lipinski definition) is 6. The number of hydrogen-bond donors (Lipinski definition) is 2. The lowest BCUT2D eigenvalue weighted by atomic mass is 9.84. The topological polar surface area (TPSA) is 143 Å². The maximum absolute atomic E-state index is 11.9. The number of nitrogens with zero attached hydrogens (tertiary/aromatic N) is 5. The molecule has 3 amide bonds. The van der Waals surface area contributed by atoms with Crippen LogP contribution in [0.15, 0.2) is 24.5 Å². The van der Waals surface area contributed by atoms with Crippen molar-refractivity contribution >= 4 is 23.7 Å². The van der Waals surface area contributed by atoms with E-state index in [-0.39, 0.29) is 11.3 Å². The van der Waals surface area contributed by atoms with E-state index in [4.69, 9.17) is 10.5 Å². The highest BCUT2D eigenvalue weighted by Crippen LogP contribution is 2.34. The minimum absolute atomic E-state index is 0.0519. The first-order valence-electron chi connectivity index (χ1n) is 12.2. The molecule has 13 heteroatoms. The number of alkyl halides is 3. The Kier molecular flexibility index (Phi) is 11.9. The van der Waals surface area contributed by atoms with Gasteiger partial charge in [-0.15, -0.1) is 0 Å². The highest BCUT2D eigenvalue weighted by Gasteiger charge is 2.41. The summed E-state index contributed by atoms with van der Waals surface area (Å²) in [5.74, 6) is -1.45. The van der Waals surface area contributed by atoms with E-state index in [1.807, 2.05) is 32.9 Å². The van der Waals surface area contributed by atoms with Crippen LogP contribution in [-0.4, -0.2) is 58.5 Å². The molecule has 39 heavy (non-hydrogen) atoms. The molecule has 0 aliphatic carbocycles. The molecule has 3 rings (SSSR count). The number of likely N-dealkylation sites (tertiary alicyclic amines) is 1. The van der Waals surface area contributed by atoms with Crippen LogP contribution in [0, 0.1) is 39.9 Å². The van der Waals surface area contributed by atoms with E-state index in [0.29, 0.717) is 36.1 Å². The van der Waals surface area contributed by atoms with Crippen molar-refractivity contribution in [2.24, 2.45) is 17.3 Å². The van der Waals surface area contributed by atoms with Gasteiger partial charge in [-0.3, -0.25) is 14.4 Å². The van der Waals surface area contributed by atoms with Crippen molar-refractivity contribution in [2.45, 2.75) is 53.8 Å². The van der Waals surface area contributed by atoms with Gasteiger partial charge in [0.2, 0.25) is 12.3 Å². The Balaban J connectivity index is 0.000000343. The van der Waals surface area contributed by atoms with E-state index < -0.39 is 30.6 Å². The van der Waals surface area contributed by atoms with E-state index in [1.165, 1.54) is 15.6 Å². The monoisotopic (exact) mass is 549 g/mol. The predicted octanol–water partition coefficient (Wildman–Crippen LogP) is 3.35. The first-order valence-corrected chi connectivity index (χ1v) is 12.2. The Bertz CT molecular complexity index is 1220. The van der Waals surface area contributed by atoms with Gasteiger partial charge >= 0.3 is 12.1 Å². The van der Waals surface area contributed by atoms with Crippen LogP contribution in [0.1, 0.15) is 58.7 Å². The summed E-state index contributed by atoms with van der Waals surface area (Å²) in [5, 5.41) is 26.0. The van der Waals surface area contributed by atoms with Crippen molar-refractivity contribution in [2.75, 3.05) is 19.6 Å². The largest absolute Gasteiger partial charge is 0.471 e. The molecule has 0 radical (unpaired) electrons. The molecule has 2 N–H and O–H groups in total. The zero-order valence-electron chi connectivity index (χ0n) is 22.8. The Morgan fingerprint density at radius 1 is 1.28 bits per heavy atom. The molecule has 10 nitrogen and oxygen atoms in total. The molecule has 3 heterocycles. The van der Waals surface area contributed by atoms with Gasteiger partial charge in [0, 0.05) is 24.8 Å². The Hall–Kier alpha value is -4.13. The molecule has 2 aromatic heterocycles. The first kappa shape index (κ1) is 32.9. The van der Waals surface area contributed by atoms with Gasteiger partial charge in [-0.05, 0) is 29.4 Å². The highest BCUT2D eigenvalue weighted by molar-refractivity contribution is 5.87. The molecular formula is C26H34F3N7O3. The van der Waals surface area contributed by atoms with Crippen LogP contribution in [-0.2, 0) is 14.4 Å². The Labute approximate surface area is 225 Å². The summed E-state index contributed by atoms with van der Waals surface area (Å²) >= 11 is 0.